The summed E-state index contributed by atoms with van der Waals surface area (Å²) in [6, 6.07) is 0. The fourth-order valence-electron chi connectivity index (χ4n) is 3.86. The fraction of sp³-hybridized carbons (Fsp3) is 0.923. The van der Waals surface area contributed by atoms with E-state index in [1.165, 1.54) is 57.8 Å². The Morgan fingerprint density at radius 2 is 1.13 bits per heavy atom. The van der Waals surface area contributed by atoms with Gasteiger partial charge in [0.2, 0.25) is 0 Å². The van der Waals surface area contributed by atoms with Crippen molar-refractivity contribution in [3.8, 4) is 0 Å². The van der Waals surface area contributed by atoms with Crippen molar-refractivity contribution in [1.82, 2.24) is 0 Å². The molecule has 0 aliphatic carbocycles. The third-order valence-electron chi connectivity index (χ3n) is 5.80. The molecule has 0 saturated carbocycles. The SMILES string of the molecule is CC(C)CCCCCCCOC(=O)CC(CCCCCCCC(C)C)CCC(=O)O. The summed E-state index contributed by atoms with van der Waals surface area (Å²) < 4.78 is 5.42. The second kappa shape index (κ2) is 19.9. The summed E-state index contributed by atoms with van der Waals surface area (Å²) in [5.41, 5.74) is 0. The van der Waals surface area contributed by atoms with Gasteiger partial charge in [0, 0.05) is 12.8 Å². The van der Waals surface area contributed by atoms with Crippen molar-refractivity contribution in [3.63, 3.8) is 0 Å². The summed E-state index contributed by atoms with van der Waals surface area (Å²) in [7, 11) is 0. The smallest absolute Gasteiger partial charge is 0.306 e. The lowest BCUT2D eigenvalue weighted by atomic mass is 9.92. The van der Waals surface area contributed by atoms with Crippen molar-refractivity contribution in [2.24, 2.45) is 17.8 Å². The maximum absolute atomic E-state index is 12.2. The molecule has 1 atom stereocenters. The third-order valence-corrected chi connectivity index (χ3v) is 5.80. The summed E-state index contributed by atoms with van der Waals surface area (Å²) in [6.45, 7) is 9.55. The lowest BCUT2D eigenvalue weighted by molar-refractivity contribution is -0.145. The largest absolute Gasteiger partial charge is 0.481 e. The average Bonchev–Trinajstić information content (AvgIpc) is 2.66. The molecule has 0 rings (SSSR count). The molecular formula is C26H50O4. The van der Waals surface area contributed by atoms with Gasteiger partial charge in [-0.3, -0.25) is 9.59 Å². The van der Waals surface area contributed by atoms with E-state index >= 15 is 0 Å². The normalized spacial score (nSPS) is 12.5. The van der Waals surface area contributed by atoms with Crippen LogP contribution < -0.4 is 0 Å². The van der Waals surface area contributed by atoms with Crippen LogP contribution in [-0.2, 0) is 14.3 Å². The average molecular weight is 427 g/mol. The molecule has 0 heterocycles. The lowest BCUT2D eigenvalue weighted by Crippen LogP contribution is -2.14. The minimum absolute atomic E-state index is 0.139. The number of hydrogen-bond acceptors (Lipinski definition) is 3. The van der Waals surface area contributed by atoms with Gasteiger partial charge in [0.1, 0.15) is 0 Å². The fourth-order valence-corrected chi connectivity index (χ4v) is 3.86. The first-order valence-corrected chi connectivity index (χ1v) is 12.7. The first kappa shape index (κ1) is 28.9. The van der Waals surface area contributed by atoms with Crippen LogP contribution in [0.15, 0.2) is 0 Å². The van der Waals surface area contributed by atoms with E-state index in [0.29, 0.717) is 19.4 Å². The predicted octanol–water partition coefficient (Wildman–Crippen LogP) is 7.78. The standard InChI is InChI=1S/C26H50O4/c1-22(2)15-11-7-5-9-13-17-24(18-19-25(27)28)21-26(29)30-20-14-10-6-8-12-16-23(3)4/h22-24H,5-21H2,1-4H3,(H,27,28). The molecule has 1 N–H and O–H groups in total. The molecule has 0 aromatic rings. The van der Waals surface area contributed by atoms with E-state index in [9.17, 15) is 9.59 Å². The number of aliphatic carboxylic acids is 1. The Labute approximate surface area is 186 Å². The van der Waals surface area contributed by atoms with Gasteiger partial charge in [0.15, 0.2) is 0 Å². The Bertz CT molecular complexity index is 417. The van der Waals surface area contributed by atoms with Crippen LogP contribution in [0.25, 0.3) is 0 Å². The molecule has 0 aliphatic rings. The van der Waals surface area contributed by atoms with Gasteiger partial charge in [-0.05, 0) is 37.0 Å². The first-order valence-electron chi connectivity index (χ1n) is 12.7. The number of carboxylic acids is 1. The zero-order valence-electron chi connectivity index (χ0n) is 20.4. The van der Waals surface area contributed by atoms with E-state index in [1.807, 2.05) is 0 Å². The van der Waals surface area contributed by atoms with Crippen LogP contribution >= 0.6 is 0 Å². The molecule has 0 fully saturated rings. The highest BCUT2D eigenvalue weighted by molar-refractivity contribution is 5.70. The zero-order chi connectivity index (χ0) is 22.6. The highest BCUT2D eigenvalue weighted by atomic mass is 16.5. The topological polar surface area (TPSA) is 63.6 Å². The Morgan fingerprint density at radius 1 is 0.667 bits per heavy atom. The van der Waals surface area contributed by atoms with E-state index < -0.39 is 5.97 Å². The number of hydrogen-bond donors (Lipinski definition) is 1. The number of rotatable bonds is 21. The Hall–Kier alpha value is -1.06. The number of carbonyl (C=O) groups is 2. The molecule has 0 radical (unpaired) electrons. The molecule has 0 bridgehead atoms. The van der Waals surface area contributed by atoms with Crippen molar-refractivity contribution < 1.29 is 19.4 Å². The monoisotopic (exact) mass is 426 g/mol. The van der Waals surface area contributed by atoms with Crippen LogP contribution in [0, 0.1) is 17.8 Å². The van der Waals surface area contributed by atoms with Crippen LogP contribution in [-0.4, -0.2) is 23.7 Å². The second-order valence-corrected chi connectivity index (χ2v) is 9.91. The quantitative estimate of drug-likeness (QED) is 0.150. The van der Waals surface area contributed by atoms with Crippen molar-refractivity contribution in [1.29, 1.82) is 0 Å². The van der Waals surface area contributed by atoms with Crippen LogP contribution in [0.4, 0.5) is 0 Å². The van der Waals surface area contributed by atoms with E-state index in [2.05, 4.69) is 27.7 Å². The van der Waals surface area contributed by atoms with Gasteiger partial charge in [-0.25, -0.2) is 0 Å². The van der Waals surface area contributed by atoms with Crippen LogP contribution in [0.3, 0.4) is 0 Å². The first-order chi connectivity index (χ1) is 14.3. The van der Waals surface area contributed by atoms with Crippen LogP contribution in [0.2, 0.25) is 0 Å². The summed E-state index contributed by atoms with van der Waals surface area (Å²) in [6.07, 6.45) is 16.5. The zero-order valence-corrected chi connectivity index (χ0v) is 20.4. The second-order valence-electron chi connectivity index (χ2n) is 9.91. The molecule has 30 heavy (non-hydrogen) atoms. The molecule has 0 amide bonds. The van der Waals surface area contributed by atoms with Crippen molar-refractivity contribution in [2.75, 3.05) is 6.61 Å². The van der Waals surface area contributed by atoms with Gasteiger partial charge in [-0.15, -0.1) is 0 Å². The molecule has 0 aromatic heterocycles. The molecule has 0 saturated heterocycles. The van der Waals surface area contributed by atoms with Gasteiger partial charge in [-0.2, -0.15) is 0 Å². The Balaban J connectivity index is 3.90. The van der Waals surface area contributed by atoms with Gasteiger partial charge in [-0.1, -0.05) is 98.3 Å². The molecule has 0 aromatic carbocycles. The molecule has 0 aliphatic heterocycles. The molecule has 178 valence electrons. The van der Waals surface area contributed by atoms with Crippen molar-refractivity contribution in [2.45, 2.75) is 130 Å². The third kappa shape index (κ3) is 21.6. The molecule has 0 spiro atoms. The summed E-state index contributed by atoms with van der Waals surface area (Å²) in [5.74, 6) is 0.771. The Morgan fingerprint density at radius 3 is 1.63 bits per heavy atom. The van der Waals surface area contributed by atoms with Gasteiger partial charge in [0.05, 0.1) is 6.61 Å². The number of ether oxygens (including phenoxy) is 1. The number of unbranched alkanes of at least 4 members (excludes halogenated alkanes) is 8. The molecule has 1 unspecified atom stereocenters. The highest BCUT2D eigenvalue weighted by Gasteiger charge is 2.16. The van der Waals surface area contributed by atoms with Gasteiger partial charge < -0.3 is 9.84 Å². The van der Waals surface area contributed by atoms with Crippen LogP contribution in [0.5, 0.6) is 0 Å². The molecular weight excluding hydrogens is 376 g/mol. The molecule has 4 nitrogen and oxygen atoms in total. The van der Waals surface area contributed by atoms with Gasteiger partial charge in [0.25, 0.3) is 0 Å². The maximum atomic E-state index is 12.2. The van der Waals surface area contributed by atoms with E-state index in [-0.39, 0.29) is 18.3 Å². The summed E-state index contributed by atoms with van der Waals surface area (Å²) in [4.78, 5) is 23.1. The minimum Gasteiger partial charge on any atom is -0.481 e. The van der Waals surface area contributed by atoms with Crippen molar-refractivity contribution in [3.05, 3.63) is 0 Å². The lowest BCUT2D eigenvalue weighted by Gasteiger charge is -2.15. The van der Waals surface area contributed by atoms with E-state index in [0.717, 1.165) is 37.5 Å². The maximum Gasteiger partial charge on any atom is 0.306 e. The summed E-state index contributed by atoms with van der Waals surface area (Å²) >= 11 is 0. The minimum atomic E-state index is -0.778. The highest BCUT2D eigenvalue weighted by Crippen LogP contribution is 2.21. The molecule has 4 heteroatoms. The number of esters is 1. The van der Waals surface area contributed by atoms with E-state index in [4.69, 9.17) is 9.84 Å². The van der Waals surface area contributed by atoms with Gasteiger partial charge >= 0.3 is 11.9 Å². The van der Waals surface area contributed by atoms with Crippen LogP contribution in [0.1, 0.15) is 130 Å². The predicted molar refractivity (Wildman–Crippen MR) is 126 cm³/mol. The number of carboxylic acid groups (broad SMARTS) is 1. The van der Waals surface area contributed by atoms with Crippen molar-refractivity contribution >= 4 is 11.9 Å². The Kier molecular flexibility index (Phi) is 19.2. The summed E-state index contributed by atoms with van der Waals surface area (Å²) in [5, 5.41) is 8.99. The number of carbonyl (C=O) groups excluding carboxylic acids is 1. The van der Waals surface area contributed by atoms with E-state index in [1.54, 1.807) is 0 Å².